The molecule has 0 aliphatic carbocycles. The Balaban J connectivity index is 0.000000175. The van der Waals surface area contributed by atoms with Crippen LogP contribution < -0.4 is 45.8 Å². The number of anilines is 6. The van der Waals surface area contributed by atoms with E-state index in [-0.39, 0.29) is 43.5 Å². The lowest BCUT2D eigenvalue weighted by atomic mass is 10.2. The third-order valence-corrected chi connectivity index (χ3v) is 12.8. The molecule has 3 aromatic carbocycles. The maximum absolute atomic E-state index is 14.5. The van der Waals surface area contributed by atoms with Gasteiger partial charge in [0, 0.05) is 45.8 Å². The smallest absolute Gasteiger partial charge is 0.414 e. The molecule has 6 fully saturated rings. The fourth-order valence-electron chi connectivity index (χ4n) is 8.23. The maximum atomic E-state index is 14.5. The van der Waals surface area contributed by atoms with Gasteiger partial charge >= 0.3 is 24.4 Å². The van der Waals surface area contributed by atoms with E-state index in [1.807, 2.05) is 21.6 Å². The van der Waals surface area contributed by atoms with Crippen molar-refractivity contribution in [3.63, 3.8) is 0 Å². The number of cyclic esters (lactones) is 3. The molecule has 6 saturated heterocycles. The maximum Gasteiger partial charge on any atom is 0.414 e. The molecule has 6 aliphatic rings. The Kier molecular flexibility index (Phi) is 22.1. The highest BCUT2D eigenvalue weighted by Crippen LogP contribution is 2.31. The number of nitrogens with zero attached hydrogens (tertiary/aromatic N) is 6. The van der Waals surface area contributed by atoms with Gasteiger partial charge < -0.3 is 64.2 Å². The number of carbonyl (C=O) groups is 4. The zero-order valence-corrected chi connectivity index (χ0v) is 44.2. The minimum absolute atomic E-state index is 0.128. The van der Waals surface area contributed by atoms with Crippen LogP contribution >= 0.6 is 24.4 Å². The van der Waals surface area contributed by atoms with Crippen LogP contribution in [0.4, 0.5) is 66.5 Å². The van der Waals surface area contributed by atoms with E-state index in [9.17, 15) is 32.3 Å². The summed E-state index contributed by atoms with van der Waals surface area (Å²) in [4.78, 5) is 58.6. The van der Waals surface area contributed by atoms with E-state index in [1.165, 1.54) is 40.0 Å². The van der Waals surface area contributed by atoms with Gasteiger partial charge in [-0.1, -0.05) is 31.4 Å². The molecule has 4 N–H and O–H groups in total. The molecule has 410 valence electrons. The van der Waals surface area contributed by atoms with Gasteiger partial charge in [-0.3, -0.25) is 14.7 Å². The molecule has 6 heterocycles. The predicted molar refractivity (Wildman–Crippen MR) is 285 cm³/mol. The highest BCUT2D eigenvalue weighted by atomic mass is 32.1. The van der Waals surface area contributed by atoms with Crippen LogP contribution in [0.3, 0.4) is 0 Å². The van der Waals surface area contributed by atoms with Crippen molar-refractivity contribution >= 4 is 92.8 Å². The Hall–Kier alpha value is -6.25. The molecule has 0 spiro atoms. The fraction of sp³-hybridized carbons (Fsp3) is 0.520. The molecule has 0 saturated carbocycles. The Morgan fingerprint density at radius 3 is 1.20 bits per heavy atom. The summed E-state index contributed by atoms with van der Waals surface area (Å²) >= 11 is 9.64. The summed E-state index contributed by atoms with van der Waals surface area (Å²) in [7, 11) is 1.25. The molecule has 0 bridgehead atoms. The molecule has 9 rings (SSSR count). The number of nitrogens with one attached hydrogen (secondary N) is 2. The molecule has 6 aliphatic heterocycles. The number of thiocarbonyl (C=S) groups is 2. The van der Waals surface area contributed by atoms with Gasteiger partial charge in [0.25, 0.3) is 0 Å². The number of amides is 4. The summed E-state index contributed by atoms with van der Waals surface area (Å²) in [6.45, 7) is 15.0. The number of ether oxygens (including phenoxy) is 7. The zero-order valence-electron chi connectivity index (χ0n) is 42.6. The number of morpholine rings is 3. The molecule has 0 radical (unpaired) electrons. The van der Waals surface area contributed by atoms with Crippen molar-refractivity contribution < 1.29 is 65.5 Å². The number of rotatable bonds is 12. The van der Waals surface area contributed by atoms with Gasteiger partial charge in [0.1, 0.15) is 35.8 Å². The number of nitrogens with two attached hydrogens (primary N) is 1. The van der Waals surface area contributed by atoms with E-state index in [0.717, 1.165) is 11.3 Å². The summed E-state index contributed by atoms with van der Waals surface area (Å²) < 4.78 is 79.1. The molecule has 4 amide bonds. The summed E-state index contributed by atoms with van der Waals surface area (Å²) in [5.74, 6) is -1.10. The molecule has 3 atom stereocenters. The number of halogens is 3. The number of benzene rings is 3. The summed E-state index contributed by atoms with van der Waals surface area (Å²) in [5, 5.41) is 5.45. The normalized spacial score (nSPS) is 20.3. The molecule has 75 heavy (non-hydrogen) atoms. The Labute approximate surface area is 445 Å². The van der Waals surface area contributed by atoms with Crippen LogP contribution in [0, 0.1) is 17.5 Å². The third kappa shape index (κ3) is 16.6. The van der Waals surface area contributed by atoms with Crippen LogP contribution in [0.2, 0.25) is 0 Å². The molecule has 0 unspecified atom stereocenters. The Morgan fingerprint density at radius 1 is 0.600 bits per heavy atom. The highest BCUT2D eigenvalue weighted by molar-refractivity contribution is 7.80. The first kappa shape index (κ1) is 58.0. The van der Waals surface area contributed by atoms with Crippen molar-refractivity contribution in [3.05, 3.63) is 72.0 Å². The number of alkyl carbamates (subject to hydrolysis) is 1. The Morgan fingerprint density at radius 2 is 0.920 bits per heavy atom. The van der Waals surface area contributed by atoms with E-state index < -0.39 is 36.3 Å². The minimum atomic E-state index is -0.601. The number of hydrogen-bond donors (Lipinski definition) is 3. The first-order chi connectivity index (χ1) is 36.1. The van der Waals surface area contributed by atoms with E-state index in [2.05, 4.69) is 22.3 Å². The first-order valence-corrected chi connectivity index (χ1v) is 25.5. The van der Waals surface area contributed by atoms with Crippen molar-refractivity contribution in [3.8, 4) is 0 Å². The standard InChI is InChI=1S/C16H20FN3O5.C16H20FN3O3S.C14H18FN3O3.C4H8S/c1-23-15(21)18-9-12-10-20(16(22)25-12)11-2-3-14(13(17)8-11)19-4-6-24-7-5-19;1-11(24)18-9-13-10-20(16(21)23-13)12-2-3-15(14(17)8-12)19-4-6-22-7-5-19;15-12-7-10(18-9-11(8-16)21-14(18)19)1-2-13(12)17-3-5-20-6-4-17;1-3-4(2)5/h2-3,8,12H,4-7,9-10H2,1H3,(H,18,21);2-3,8,13H,4-7,9-10H2,1H3,(H,18,24);1-2,7,11H,3-6,8-9,16H2;3H2,1-2H3/t12-;13-;11-;/m000./s1. The first-order valence-electron chi connectivity index (χ1n) is 24.7. The average molecular weight is 1090 g/mol. The van der Waals surface area contributed by atoms with Crippen LogP contribution in [0.5, 0.6) is 0 Å². The molecule has 3 aromatic rings. The van der Waals surface area contributed by atoms with Crippen molar-refractivity contribution in [2.75, 3.05) is 155 Å². The van der Waals surface area contributed by atoms with Gasteiger partial charge in [-0.05, 0) is 79.7 Å². The Bertz CT molecular complexity index is 2450. The summed E-state index contributed by atoms with van der Waals surface area (Å²) in [6, 6.07) is 14.3. The monoisotopic (exact) mass is 1090 g/mol. The lowest BCUT2D eigenvalue weighted by Crippen LogP contribution is -2.37. The average Bonchev–Trinajstić information content (AvgIpc) is 4.13. The lowest BCUT2D eigenvalue weighted by Gasteiger charge is -2.29. The number of hydrogen-bond acceptors (Lipinski definition) is 17. The van der Waals surface area contributed by atoms with E-state index in [1.54, 1.807) is 43.3 Å². The number of methoxy groups -OCH3 is 1. The highest BCUT2D eigenvalue weighted by Gasteiger charge is 2.35. The van der Waals surface area contributed by atoms with Gasteiger partial charge in [-0.2, -0.15) is 0 Å². The van der Waals surface area contributed by atoms with E-state index >= 15 is 0 Å². The largest absolute Gasteiger partial charge is 0.453 e. The predicted octanol–water partition coefficient (Wildman–Crippen LogP) is 6.00. The van der Waals surface area contributed by atoms with Gasteiger partial charge in [-0.25, -0.2) is 32.3 Å². The summed E-state index contributed by atoms with van der Waals surface area (Å²) in [6.07, 6.45) is -2.25. The van der Waals surface area contributed by atoms with Crippen molar-refractivity contribution in [1.82, 2.24) is 10.6 Å². The van der Waals surface area contributed by atoms with Gasteiger partial charge in [0.15, 0.2) is 0 Å². The fourth-order valence-corrected chi connectivity index (χ4v) is 8.32. The summed E-state index contributed by atoms with van der Waals surface area (Å²) in [5.41, 5.74) is 8.45. The van der Waals surface area contributed by atoms with Crippen LogP contribution in [0.15, 0.2) is 54.6 Å². The van der Waals surface area contributed by atoms with Crippen molar-refractivity contribution in [2.24, 2.45) is 5.73 Å². The molecular weight excluding hydrogens is 1020 g/mol. The van der Waals surface area contributed by atoms with Crippen molar-refractivity contribution in [2.45, 2.75) is 45.5 Å². The zero-order chi connectivity index (χ0) is 54.0. The second kappa shape index (κ2) is 28.6. The lowest BCUT2D eigenvalue weighted by molar-refractivity contribution is 0.122. The van der Waals surface area contributed by atoms with Crippen LogP contribution in [-0.4, -0.2) is 178 Å². The van der Waals surface area contributed by atoms with Crippen LogP contribution in [0.1, 0.15) is 27.2 Å². The molecule has 25 heteroatoms. The molecule has 0 aromatic heterocycles. The van der Waals surface area contributed by atoms with Gasteiger partial charge in [-0.15, -0.1) is 0 Å². The number of carbonyl (C=O) groups excluding carboxylic acids is 4. The second-order valence-electron chi connectivity index (χ2n) is 17.7. The molecular formula is C50H66F3N9O11S2. The van der Waals surface area contributed by atoms with Gasteiger partial charge in [0.05, 0.1) is 119 Å². The van der Waals surface area contributed by atoms with E-state index in [0.29, 0.717) is 138 Å². The van der Waals surface area contributed by atoms with Crippen LogP contribution in [-0.2, 0) is 33.2 Å². The van der Waals surface area contributed by atoms with E-state index in [4.69, 9.17) is 58.6 Å². The van der Waals surface area contributed by atoms with Gasteiger partial charge in [0.2, 0.25) is 0 Å². The third-order valence-electron chi connectivity index (χ3n) is 12.4. The van der Waals surface area contributed by atoms with Crippen LogP contribution in [0.25, 0.3) is 0 Å². The topological polar surface area (TPSA) is 202 Å². The van der Waals surface area contributed by atoms with Crippen molar-refractivity contribution in [1.29, 1.82) is 0 Å². The molecule has 20 nitrogen and oxygen atoms in total. The quantitative estimate of drug-likeness (QED) is 0.141. The minimum Gasteiger partial charge on any atom is -0.453 e. The SMILES string of the molecule is CC(=S)NC[C@H]1CN(c2ccc(N3CCOCC3)c(F)c2)C(=O)O1.CCC(C)=S.COC(=O)NC[C@H]1CN(c2ccc(N3CCOCC3)c(F)c2)C(=O)O1.NC[C@H]1CN(c2ccc(N3CCOCC3)c(F)c2)C(=O)O1. The second-order valence-corrected chi connectivity index (χ2v) is 19.0.